The summed E-state index contributed by atoms with van der Waals surface area (Å²) >= 11 is 0. The lowest BCUT2D eigenvalue weighted by molar-refractivity contribution is 0.967. The second kappa shape index (κ2) is 3.77. The molecule has 0 spiro atoms. The summed E-state index contributed by atoms with van der Waals surface area (Å²) in [5.41, 5.74) is 3.94. The van der Waals surface area contributed by atoms with E-state index in [1.807, 2.05) is 0 Å². The largest absolute Gasteiger partial charge is 0.377 e. The molecule has 3 rings (SSSR count). The van der Waals surface area contributed by atoms with Crippen LogP contribution in [0.25, 0.3) is 21.7 Å². The molecule has 2 nitrogen and oxygen atoms in total. The molecule has 3 aromatic rings. The fraction of sp³-hybridized carbons (Fsp3) is 0.250. The van der Waals surface area contributed by atoms with Crippen LogP contribution in [-0.2, 0) is 7.05 Å². The quantitative estimate of drug-likeness (QED) is 0.627. The lowest BCUT2D eigenvalue weighted by Crippen LogP contribution is -2.09. The first-order valence-electron chi connectivity index (χ1n) is 6.24. The normalized spacial score (nSPS) is 11.3. The second-order valence-corrected chi connectivity index (χ2v) is 5.15. The lowest BCUT2D eigenvalue weighted by Gasteiger charge is -2.16. The maximum atomic E-state index is 2.24. The highest BCUT2D eigenvalue weighted by Gasteiger charge is 2.11. The van der Waals surface area contributed by atoms with Crippen LogP contribution in [-0.4, -0.2) is 18.7 Å². The maximum absolute atomic E-state index is 2.24. The highest BCUT2D eigenvalue weighted by molar-refractivity contribution is 6.13. The Morgan fingerprint density at radius 3 is 2.56 bits per heavy atom. The molecule has 0 radical (unpaired) electrons. The van der Waals surface area contributed by atoms with Crippen LogP contribution in [0, 0.1) is 6.92 Å². The van der Waals surface area contributed by atoms with Crippen molar-refractivity contribution < 1.29 is 0 Å². The zero-order valence-electron chi connectivity index (χ0n) is 11.4. The van der Waals surface area contributed by atoms with Crippen LogP contribution in [0.1, 0.15) is 5.56 Å². The van der Waals surface area contributed by atoms with Crippen molar-refractivity contribution in [2.75, 3.05) is 19.0 Å². The van der Waals surface area contributed by atoms with Gasteiger partial charge in [-0.2, -0.15) is 0 Å². The molecular formula is C16H18N2. The Hall–Kier alpha value is -1.96. The summed E-state index contributed by atoms with van der Waals surface area (Å²) in [5, 5.41) is 3.99. The van der Waals surface area contributed by atoms with E-state index in [9.17, 15) is 0 Å². The number of anilines is 1. The molecule has 0 aliphatic carbocycles. The molecule has 0 fully saturated rings. The Labute approximate surface area is 107 Å². The standard InChI is InChI=1S/C16H18N2/c1-11-10-18(4)16-13(11)9-8-12-6-5-7-14(15(12)16)17(2)3/h5-10H,1-4H3. The van der Waals surface area contributed by atoms with E-state index in [0.717, 1.165) is 0 Å². The van der Waals surface area contributed by atoms with Gasteiger partial charge in [0.05, 0.1) is 5.52 Å². The molecule has 0 aliphatic heterocycles. The van der Waals surface area contributed by atoms with Gasteiger partial charge < -0.3 is 9.47 Å². The van der Waals surface area contributed by atoms with Crippen LogP contribution in [0.15, 0.2) is 36.5 Å². The summed E-state index contributed by atoms with van der Waals surface area (Å²) in [6, 6.07) is 10.9. The number of hydrogen-bond donors (Lipinski definition) is 0. The van der Waals surface area contributed by atoms with E-state index in [-0.39, 0.29) is 0 Å². The van der Waals surface area contributed by atoms with Gasteiger partial charge in [0.2, 0.25) is 0 Å². The second-order valence-electron chi connectivity index (χ2n) is 5.15. The zero-order valence-corrected chi connectivity index (χ0v) is 11.4. The summed E-state index contributed by atoms with van der Waals surface area (Å²) in [7, 11) is 6.33. The van der Waals surface area contributed by atoms with Crippen molar-refractivity contribution in [1.29, 1.82) is 0 Å². The molecule has 1 aromatic heterocycles. The predicted octanol–water partition coefficient (Wildman–Crippen LogP) is 3.71. The van der Waals surface area contributed by atoms with E-state index in [2.05, 4.69) is 74.1 Å². The number of rotatable bonds is 1. The number of fused-ring (bicyclic) bond motifs is 3. The minimum absolute atomic E-state index is 1.28. The van der Waals surface area contributed by atoms with Gasteiger partial charge in [0.25, 0.3) is 0 Å². The maximum Gasteiger partial charge on any atom is 0.0581 e. The zero-order chi connectivity index (χ0) is 12.9. The Bertz CT molecular complexity index is 736. The molecule has 1 heterocycles. The van der Waals surface area contributed by atoms with Crippen molar-refractivity contribution in [3.05, 3.63) is 42.1 Å². The third-order valence-electron chi connectivity index (χ3n) is 3.64. The van der Waals surface area contributed by atoms with E-state index in [1.165, 1.54) is 32.9 Å². The number of aryl methyl sites for hydroxylation is 2. The number of benzene rings is 2. The monoisotopic (exact) mass is 238 g/mol. The Morgan fingerprint density at radius 2 is 1.83 bits per heavy atom. The predicted molar refractivity (Wildman–Crippen MR) is 79.5 cm³/mol. The molecule has 18 heavy (non-hydrogen) atoms. The molecule has 0 aliphatic rings. The van der Waals surface area contributed by atoms with Gasteiger partial charge in [-0.1, -0.05) is 24.3 Å². The summed E-state index contributed by atoms with van der Waals surface area (Å²) in [6.45, 7) is 2.17. The summed E-state index contributed by atoms with van der Waals surface area (Å²) in [5.74, 6) is 0. The smallest absolute Gasteiger partial charge is 0.0581 e. The highest BCUT2D eigenvalue weighted by atomic mass is 15.1. The third-order valence-corrected chi connectivity index (χ3v) is 3.64. The fourth-order valence-corrected chi connectivity index (χ4v) is 2.82. The molecule has 2 heteroatoms. The van der Waals surface area contributed by atoms with Crippen LogP contribution in [0.4, 0.5) is 5.69 Å². The fourth-order valence-electron chi connectivity index (χ4n) is 2.82. The van der Waals surface area contributed by atoms with E-state index < -0.39 is 0 Å². The first-order chi connectivity index (χ1) is 8.59. The van der Waals surface area contributed by atoms with Crippen LogP contribution in [0.3, 0.4) is 0 Å². The van der Waals surface area contributed by atoms with Crippen molar-refractivity contribution in [2.24, 2.45) is 7.05 Å². The van der Waals surface area contributed by atoms with E-state index in [1.54, 1.807) is 0 Å². The molecule has 92 valence electrons. The van der Waals surface area contributed by atoms with E-state index in [4.69, 9.17) is 0 Å². The number of hydrogen-bond acceptors (Lipinski definition) is 1. The number of nitrogens with zero attached hydrogens (tertiary/aromatic N) is 2. The van der Waals surface area contributed by atoms with Gasteiger partial charge >= 0.3 is 0 Å². The molecule has 0 atom stereocenters. The minimum atomic E-state index is 1.28. The molecule has 2 aromatic carbocycles. The van der Waals surface area contributed by atoms with Gasteiger partial charge in [-0.25, -0.2) is 0 Å². The molecule has 0 unspecified atom stereocenters. The first-order valence-corrected chi connectivity index (χ1v) is 6.24. The van der Waals surface area contributed by atoms with Gasteiger partial charge in [-0.15, -0.1) is 0 Å². The summed E-state index contributed by atoms with van der Waals surface area (Å²) in [4.78, 5) is 2.18. The third kappa shape index (κ3) is 1.42. The summed E-state index contributed by atoms with van der Waals surface area (Å²) < 4.78 is 2.24. The molecular weight excluding hydrogens is 220 g/mol. The molecule has 0 N–H and O–H groups in total. The lowest BCUT2D eigenvalue weighted by atomic mass is 10.0. The Morgan fingerprint density at radius 1 is 1.06 bits per heavy atom. The van der Waals surface area contributed by atoms with Crippen LogP contribution in [0.5, 0.6) is 0 Å². The molecule has 0 saturated carbocycles. The van der Waals surface area contributed by atoms with Gasteiger partial charge in [-0.3, -0.25) is 0 Å². The van der Waals surface area contributed by atoms with Crippen LogP contribution < -0.4 is 4.90 Å². The van der Waals surface area contributed by atoms with Crippen LogP contribution in [0.2, 0.25) is 0 Å². The van der Waals surface area contributed by atoms with Crippen molar-refractivity contribution in [2.45, 2.75) is 6.92 Å². The van der Waals surface area contributed by atoms with Crippen molar-refractivity contribution >= 4 is 27.4 Å². The van der Waals surface area contributed by atoms with Gasteiger partial charge in [0.15, 0.2) is 0 Å². The molecule has 0 amide bonds. The average molecular weight is 238 g/mol. The topological polar surface area (TPSA) is 8.17 Å². The molecule has 0 bridgehead atoms. The average Bonchev–Trinajstić information content (AvgIpc) is 2.64. The van der Waals surface area contributed by atoms with Gasteiger partial charge in [-0.05, 0) is 23.9 Å². The SMILES string of the molecule is Cc1cn(C)c2c1ccc1cccc(N(C)C)c12. The van der Waals surface area contributed by atoms with E-state index in [0.29, 0.717) is 0 Å². The first kappa shape index (κ1) is 11.1. The molecule has 0 saturated heterocycles. The van der Waals surface area contributed by atoms with Crippen LogP contribution >= 0.6 is 0 Å². The Kier molecular flexibility index (Phi) is 2.34. The summed E-state index contributed by atoms with van der Waals surface area (Å²) in [6.07, 6.45) is 2.20. The number of aromatic nitrogens is 1. The van der Waals surface area contributed by atoms with Crippen molar-refractivity contribution in [1.82, 2.24) is 4.57 Å². The van der Waals surface area contributed by atoms with Gasteiger partial charge in [0.1, 0.15) is 0 Å². The van der Waals surface area contributed by atoms with Crippen molar-refractivity contribution in [3.63, 3.8) is 0 Å². The van der Waals surface area contributed by atoms with E-state index >= 15 is 0 Å². The van der Waals surface area contributed by atoms with Gasteiger partial charge in [0, 0.05) is 43.8 Å². The highest BCUT2D eigenvalue weighted by Crippen LogP contribution is 2.34. The Balaban J connectivity index is 2.59. The van der Waals surface area contributed by atoms with Crippen molar-refractivity contribution in [3.8, 4) is 0 Å². The minimum Gasteiger partial charge on any atom is -0.377 e.